The van der Waals surface area contributed by atoms with E-state index >= 15 is 0 Å². The molecule has 0 heterocycles. The fourth-order valence-corrected chi connectivity index (χ4v) is 1.77. The fraction of sp³-hybridized carbons (Fsp3) is 0.455. The Hall–Kier alpha value is -0.850. The van der Waals surface area contributed by atoms with Crippen LogP contribution in [0.2, 0.25) is 5.02 Å². The normalized spacial score (nSPS) is 13.7. The van der Waals surface area contributed by atoms with Crippen LogP contribution >= 0.6 is 11.6 Å². The first-order chi connectivity index (χ1) is 8.33. The molecule has 0 bridgehead atoms. The molecule has 0 spiro atoms. The van der Waals surface area contributed by atoms with Gasteiger partial charge in [-0.25, -0.2) is 4.39 Å². The Labute approximate surface area is 107 Å². The monoisotopic (exact) mass is 284 g/mol. The first-order valence-electron chi connectivity index (χ1n) is 5.31. The lowest BCUT2D eigenvalue weighted by Crippen LogP contribution is -2.28. The summed E-state index contributed by atoms with van der Waals surface area (Å²) in [7, 11) is 0. The molecule has 0 aliphatic heterocycles. The molecular weight excluding hydrogens is 272 g/mol. The van der Waals surface area contributed by atoms with E-state index in [1.54, 1.807) is 0 Å². The van der Waals surface area contributed by atoms with Crippen molar-refractivity contribution in [2.45, 2.75) is 31.5 Å². The molecule has 18 heavy (non-hydrogen) atoms. The lowest BCUT2D eigenvalue weighted by molar-refractivity contribution is -0.135. The molecule has 7 heteroatoms. The van der Waals surface area contributed by atoms with Crippen molar-refractivity contribution in [2.24, 2.45) is 5.84 Å². The molecule has 1 aromatic rings. The molecular formula is C11H13ClF4N2. The lowest BCUT2D eigenvalue weighted by atomic mass is 10.0. The summed E-state index contributed by atoms with van der Waals surface area (Å²) in [6.45, 7) is 0. The second-order valence-electron chi connectivity index (χ2n) is 3.90. The van der Waals surface area contributed by atoms with Crippen molar-refractivity contribution in [3.63, 3.8) is 0 Å². The molecule has 2 nitrogen and oxygen atoms in total. The van der Waals surface area contributed by atoms with Crippen LogP contribution in [0.1, 0.15) is 30.9 Å². The number of benzene rings is 1. The van der Waals surface area contributed by atoms with Gasteiger partial charge in [0.25, 0.3) is 0 Å². The summed E-state index contributed by atoms with van der Waals surface area (Å²) in [6.07, 6.45) is -4.93. The summed E-state index contributed by atoms with van der Waals surface area (Å²) >= 11 is 5.60. The predicted octanol–water partition coefficient (Wildman–Crippen LogP) is 3.72. The van der Waals surface area contributed by atoms with Crippen LogP contribution in [0.5, 0.6) is 0 Å². The number of hydrogen-bond donors (Lipinski definition) is 2. The molecule has 1 atom stereocenters. The number of halogens is 5. The maximum atomic E-state index is 12.9. The topological polar surface area (TPSA) is 38.0 Å². The summed E-state index contributed by atoms with van der Waals surface area (Å²) in [6, 6.07) is 3.48. The molecule has 3 N–H and O–H groups in total. The fourth-order valence-electron chi connectivity index (χ4n) is 1.58. The zero-order valence-electron chi connectivity index (χ0n) is 9.40. The summed E-state index contributed by atoms with van der Waals surface area (Å²) < 4.78 is 49.0. The largest absolute Gasteiger partial charge is 0.389 e. The van der Waals surface area contributed by atoms with Gasteiger partial charge < -0.3 is 0 Å². The smallest absolute Gasteiger partial charge is 0.271 e. The molecule has 0 aliphatic carbocycles. The number of hydrogen-bond acceptors (Lipinski definition) is 2. The highest BCUT2D eigenvalue weighted by Gasteiger charge is 2.26. The predicted molar refractivity (Wildman–Crippen MR) is 61.4 cm³/mol. The first kappa shape index (κ1) is 15.2. The molecule has 0 radical (unpaired) electrons. The minimum atomic E-state index is -4.18. The van der Waals surface area contributed by atoms with Crippen molar-refractivity contribution in [3.8, 4) is 0 Å². The van der Waals surface area contributed by atoms with E-state index in [1.165, 1.54) is 12.1 Å². The Morgan fingerprint density at radius 1 is 1.33 bits per heavy atom. The first-order valence-corrected chi connectivity index (χ1v) is 5.69. The van der Waals surface area contributed by atoms with Crippen LogP contribution in [0.15, 0.2) is 18.2 Å². The molecule has 0 aromatic heterocycles. The van der Waals surface area contributed by atoms with E-state index in [-0.39, 0.29) is 17.9 Å². The van der Waals surface area contributed by atoms with Crippen molar-refractivity contribution in [2.75, 3.05) is 0 Å². The van der Waals surface area contributed by atoms with Gasteiger partial charge >= 0.3 is 6.18 Å². The van der Waals surface area contributed by atoms with Crippen molar-refractivity contribution in [3.05, 3.63) is 34.6 Å². The van der Waals surface area contributed by atoms with Crippen LogP contribution in [0, 0.1) is 5.82 Å². The molecule has 1 rings (SSSR count). The van der Waals surface area contributed by atoms with Gasteiger partial charge in [0.05, 0.1) is 5.02 Å². The summed E-state index contributed by atoms with van der Waals surface area (Å²) in [5, 5.41) is -0.0800. The number of nitrogens with two attached hydrogens (primary N) is 1. The van der Waals surface area contributed by atoms with Gasteiger partial charge in [0.15, 0.2) is 0 Å². The SMILES string of the molecule is NNC(CCCC(F)(F)F)c1ccc(F)c(Cl)c1. The Kier molecular flexibility index (Phi) is 5.37. The van der Waals surface area contributed by atoms with Gasteiger partial charge in [-0.05, 0) is 30.5 Å². The maximum absolute atomic E-state index is 12.9. The third-order valence-electron chi connectivity index (χ3n) is 2.50. The number of alkyl halides is 3. The molecule has 0 aliphatic rings. The van der Waals surface area contributed by atoms with E-state index < -0.39 is 24.5 Å². The van der Waals surface area contributed by atoms with Crippen LogP contribution in [-0.2, 0) is 0 Å². The van der Waals surface area contributed by atoms with Crippen LogP contribution in [0.25, 0.3) is 0 Å². The van der Waals surface area contributed by atoms with Crippen LogP contribution in [-0.4, -0.2) is 6.18 Å². The molecule has 0 saturated carbocycles. The van der Waals surface area contributed by atoms with Crippen molar-refractivity contribution < 1.29 is 17.6 Å². The highest BCUT2D eigenvalue weighted by Crippen LogP contribution is 2.27. The average Bonchev–Trinajstić information content (AvgIpc) is 2.27. The van der Waals surface area contributed by atoms with Gasteiger partial charge in [-0.1, -0.05) is 17.7 Å². The molecule has 1 unspecified atom stereocenters. The van der Waals surface area contributed by atoms with Crippen molar-refractivity contribution >= 4 is 11.6 Å². The highest BCUT2D eigenvalue weighted by atomic mass is 35.5. The average molecular weight is 285 g/mol. The third kappa shape index (κ3) is 4.80. The van der Waals surface area contributed by atoms with E-state index in [2.05, 4.69) is 5.43 Å². The Morgan fingerprint density at radius 3 is 2.50 bits per heavy atom. The second-order valence-corrected chi connectivity index (χ2v) is 4.31. The third-order valence-corrected chi connectivity index (χ3v) is 2.79. The standard InChI is InChI=1S/C11H13ClF4N2/c12-8-6-7(3-4-9(8)13)10(18-17)2-1-5-11(14,15)16/h3-4,6,10,18H,1-2,5,17H2. The Bertz CT molecular complexity index is 395. The zero-order valence-corrected chi connectivity index (χ0v) is 10.2. The highest BCUT2D eigenvalue weighted by molar-refractivity contribution is 6.30. The summed E-state index contributed by atoms with van der Waals surface area (Å²) in [4.78, 5) is 0. The maximum Gasteiger partial charge on any atom is 0.389 e. The molecule has 0 fully saturated rings. The van der Waals surface area contributed by atoms with E-state index in [4.69, 9.17) is 17.4 Å². The van der Waals surface area contributed by atoms with E-state index in [1.807, 2.05) is 0 Å². The van der Waals surface area contributed by atoms with Gasteiger partial charge in [0, 0.05) is 12.5 Å². The lowest BCUT2D eigenvalue weighted by Gasteiger charge is -2.17. The summed E-state index contributed by atoms with van der Waals surface area (Å²) in [5.74, 6) is 4.70. The molecule has 0 saturated heterocycles. The van der Waals surface area contributed by atoms with Crippen molar-refractivity contribution in [1.29, 1.82) is 0 Å². The van der Waals surface area contributed by atoms with Crippen molar-refractivity contribution in [1.82, 2.24) is 5.43 Å². The summed E-state index contributed by atoms with van der Waals surface area (Å²) in [5.41, 5.74) is 2.96. The van der Waals surface area contributed by atoms with Gasteiger partial charge in [0.1, 0.15) is 5.82 Å². The number of rotatable bonds is 5. The number of hydrazine groups is 1. The van der Waals surface area contributed by atoms with E-state index in [9.17, 15) is 17.6 Å². The minimum Gasteiger partial charge on any atom is -0.271 e. The van der Waals surface area contributed by atoms with Gasteiger partial charge in [-0.15, -0.1) is 0 Å². The van der Waals surface area contributed by atoms with Crippen LogP contribution in [0.4, 0.5) is 17.6 Å². The molecule has 0 amide bonds. The van der Waals surface area contributed by atoms with Gasteiger partial charge in [-0.2, -0.15) is 13.2 Å². The molecule has 102 valence electrons. The van der Waals surface area contributed by atoms with Crippen LogP contribution in [0.3, 0.4) is 0 Å². The van der Waals surface area contributed by atoms with Gasteiger partial charge in [0.2, 0.25) is 0 Å². The molecule has 1 aromatic carbocycles. The Morgan fingerprint density at radius 2 is 2.00 bits per heavy atom. The van der Waals surface area contributed by atoms with Crippen LogP contribution < -0.4 is 11.3 Å². The Balaban J connectivity index is 2.63. The minimum absolute atomic E-state index is 0.0621. The second kappa shape index (κ2) is 6.36. The van der Waals surface area contributed by atoms with E-state index in [0.717, 1.165) is 6.07 Å². The zero-order chi connectivity index (χ0) is 13.8. The van der Waals surface area contributed by atoms with E-state index in [0.29, 0.717) is 5.56 Å². The quantitative estimate of drug-likeness (QED) is 0.491. The number of nitrogens with one attached hydrogen (secondary N) is 1. The van der Waals surface area contributed by atoms with Gasteiger partial charge in [-0.3, -0.25) is 11.3 Å².